The third-order valence-corrected chi connectivity index (χ3v) is 2.79. The monoisotopic (exact) mass is 274 g/mol. The highest BCUT2D eigenvalue weighted by atomic mass is 79.9. The summed E-state index contributed by atoms with van der Waals surface area (Å²) in [5.74, 6) is -0.478. The van der Waals surface area contributed by atoms with Crippen LogP contribution >= 0.6 is 15.9 Å². The lowest BCUT2D eigenvalue weighted by molar-refractivity contribution is -0.139. The average Bonchev–Trinajstić information content (AvgIpc) is 2.17. The summed E-state index contributed by atoms with van der Waals surface area (Å²) in [7, 11) is 1.51. The molecular formula is C10H11BrO4. The first kappa shape index (κ1) is 12.0. The number of carboxylic acid groups (broad SMARTS) is 1. The highest BCUT2D eigenvalue weighted by molar-refractivity contribution is 9.10. The molecule has 0 aliphatic rings. The Kier molecular flexibility index (Phi) is 4.11. The largest absolute Gasteiger partial charge is 0.496 e. The lowest BCUT2D eigenvalue weighted by Crippen LogP contribution is -2.06. The summed E-state index contributed by atoms with van der Waals surface area (Å²) in [5, 5.41) is 18.2. The van der Waals surface area contributed by atoms with E-state index in [1.807, 2.05) is 0 Å². The topological polar surface area (TPSA) is 66.8 Å². The number of aliphatic carboxylic acids is 1. The molecule has 1 rings (SSSR count). The molecule has 1 aromatic carbocycles. The van der Waals surface area contributed by atoms with Gasteiger partial charge >= 0.3 is 5.97 Å². The van der Waals surface area contributed by atoms with Gasteiger partial charge in [-0.05, 0) is 27.6 Å². The molecule has 82 valence electrons. The summed E-state index contributed by atoms with van der Waals surface area (Å²) in [4.78, 5) is 10.4. The number of carboxylic acids is 1. The van der Waals surface area contributed by atoms with Crippen LogP contribution in [0.3, 0.4) is 0 Å². The summed E-state index contributed by atoms with van der Waals surface area (Å²) in [6.45, 7) is 0. The number of carbonyl (C=O) groups is 1. The van der Waals surface area contributed by atoms with E-state index < -0.39 is 12.1 Å². The van der Waals surface area contributed by atoms with Crippen LogP contribution in [0.4, 0.5) is 0 Å². The molecule has 0 fully saturated rings. The van der Waals surface area contributed by atoms with Gasteiger partial charge in [0.05, 0.1) is 24.1 Å². The molecule has 4 nitrogen and oxygen atoms in total. The molecule has 0 radical (unpaired) electrons. The van der Waals surface area contributed by atoms with Crippen molar-refractivity contribution in [2.75, 3.05) is 7.11 Å². The SMILES string of the molecule is COc1cccc(C(O)CC(=O)O)c1Br. The molecule has 0 aliphatic heterocycles. The van der Waals surface area contributed by atoms with E-state index in [4.69, 9.17) is 9.84 Å². The van der Waals surface area contributed by atoms with Gasteiger partial charge in [-0.15, -0.1) is 0 Å². The fourth-order valence-corrected chi connectivity index (χ4v) is 1.91. The number of hydrogen-bond donors (Lipinski definition) is 2. The predicted octanol–water partition coefficient (Wildman–Crippen LogP) is 1.97. The molecular weight excluding hydrogens is 264 g/mol. The van der Waals surface area contributed by atoms with Gasteiger partial charge in [0.2, 0.25) is 0 Å². The molecule has 0 saturated heterocycles. The Labute approximate surface area is 95.6 Å². The van der Waals surface area contributed by atoms with E-state index in [0.717, 1.165) is 0 Å². The van der Waals surface area contributed by atoms with Gasteiger partial charge in [0, 0.05) is 0 Å². The second kappa shape index (κ2) is 5.14. The Morgan fingerprint density at radius 1 is 1.60 bits per heavy atom. The molecule has 15 heavy (non-hydrogen) atoms. The number of methoxy groups -OCH3 is 1. The maximum Gasteiger partial charge on any atom is 0.306 e. The molecule has 2 N–H and O–H groups in total. The van der Waals surface area contributed by atoms with Crippen molar-refractivity contribution in [1.29, 1.82) is 0 Å². The van der Waals surface area contributed by atoms with E-state index in [-0.39, 0.29) is 6.42 Å². The second-order valence-corrected chi connectivity index (χ2v) is 3.77. The minimum absolute atomic E-state index is 0.328. The molecule has 0 saturated carbocycles. The standard InChI is InChI=1S/C10H11BrO4/c1-15-8-4-2-3-6(10(8)11)7(12)5-9(13)14/h2-4,7,12H,5H2,1H3,(H,13,14). The quantitative estimate of drug-likeness (QED) is 0.881. The molecule has 0 heterocycles. The van der Waals surface area contributed by atoms with E-state index >= 15 is 0 Å². The van der Waals surface area contributed by atoms with Crippen molar-refractivity contribution in [3.8, 4) is 5.75 Å². The lowest BCUT2D eigenvalue weighted by Gasteiger charge is -2.12. The van der Waals surface area contributed by atoms with Gasteiger partial charge in [-0.1, -0.05) is 12.1 Å². The first-order valence-corrected chi connectivity index (χ1v) is 5.07. The molecule has 0 bridgehead atoms. The molecule has 1 aromatic rings. The third kappa shape index (κ3) is 2.94. The van der Waals surface area contributed by atoms with Crippen LogP contribution in [0.15, 0.2) is 22.7 Å². The summed E-state index contributed by atoms with van der Waals surface area (Å²) < 4.78 is 5.62. The summed E-state index contributed by atoms with van der Waals surface area (Å²) in [6, 6.07) is 5.07. The number of benzene rings is 1. The Bertz CT molecular complexity index is 364. The van der Waals surface area contributed by atoms with Gasteiger partial charge in [-0.2, -0.15) is 0 Å². The number of aliphatic hydroxyl groups excluding tert-OH is 1. The van der Waals surface area contributed by atoms with E-state index in [2.05, 4.69) is 15.9 Å². The predicted molar refractivity (Wildman–Crippen MR) is 57.9 cm³/mol. The first-order valence-electron chi connectivity index (χ1n) is 4.28. The van der Waals surface area contributed by atoms with Crippen LogP contribution in [-0.2, 0) is 4.79 Å². The van der Waals surface area contributed by atoms with Crippen LogP contribution in [0, 0.1) is 0 Å². The van der Waals surface area contributed by atoms with Crippen molar-refractivity contribution in [2.24, 2.45) is 0 Å². The highest BCUT2D eigenvalue weighted by Gasteiger charge is 2.16. The van der Waals surface area contributed by atoms with Crippen molar-refractivity contribution in [1.82, 2.24) is 0 Å². The summed E-state index contributed by atoms with van der Waals surface area (Å²) in [5.41, 5.74) is 0.511. The Morgan fingerprint density at radius 3 is 2.80 bits per heavy atom. The fourth-order valence-electron chi connectivity index (χ4n) is 1.22. The van der Waals surface area contributed by atoms with Crippen molar-refractivity contribution in [3.05, 3.63) is 28.2 Å². The lowest BCUT2D eigenvalue weighted by atomic mass is 10.1. The minimum atomic E-state index is -1.04. The second-order valence-electron chi connectivity index (χ2n) is 2.98. The molecule has 0 amide bonds. The van der Waals surface area contributed by atoms with E-state index in [9.17, 15) is 9.90 Å². The van der Waals surface area contributed by atoms with Gasteiger partial charge in [-0.3, -0.25) is 4.79 Å². The van der Waals surface area contributed by atoms with Crippen molar-refractivity contribution < 1.29 is 19.7 Å². The van der Waals surface area contributed by atoms with Gasteiger partial charge in [0.1, 0.15) is 5.75 Å². The Morgan fingerprint density at radius 2 is 2.27 bits per heavy atom. The number of halogens is 1. The van der Waals surface area contributed by atoms with Gasteiger partial charge in [0.25, 0.3) is 0 Å². The number of aliphatic hydroxyl groups is 1. The molecule has 5 heteroatoms. The van der Waals surface area contributed by atoms with E-state index in [1.54, 1.807) is 18.2 Å². The molecule has 1 unspecified atom stereocenters. The third-order valence-electron chi connectivity index (χ3n) is 1.94. The zero-order valence-electron chi connectivity index (χ0n) is 8.11. The number of rotatable bonds is 4. The van der Waals surface area contributed by atoms with Crippen molar-refractivity contribution in [2.45, 2.75) is 12.5 Å². The zero-order valence-corrected chi connectivity index (χ0v) is 9.69. The van der Waals surface area contributed by atoms with Crippen molar-refractivity contribution >= 4 is 21.9 Å². The molecule has 0 aliphatic carbocycles. The number of ether oxygens (including phenoxy) is 1. The maximum atomic E-state index is 10.4. The smallest absolute Gasteiger partial charge is 0.306 e. The normalized spacial score (nSPS) is 12.2. The Balaban J connectivity index is 2.98. The van der Waals surface area contributed by atoms with Crippen LogP contribution in [0.25, 0.3) is 0 Å². The minimum Gasteiger partial charge on any atom is -0.496 e. The number of hydrogen-bond acceptors (Lipinski definition) is 3. The molecule has 1 atom stereocenters. The summed E-state index contributed by atoms with van der Waals surface area (Å²) >= 11 is 3.25. The molecule has 0 spiro atoms. The zero-order chi connectivity index (χ0) is 11.4. The highest BCUT2D eigenvalue weighted by Crippen LogP contribution is 2.33. The summed E-state index contributed by atoms with van der Waals surface area (Å²) in [6.07, 6.45) is -1.36. The van der Waals surface area contributed by atoms with Crippen LogP contribution < -0.4 is 4.74 Å². The van der Waals surface area contributed by atoms with Crippen LogP contribution in [-0.4, -0.2) is 23.3 Å². The van der Waals surface area contributed by atoms with Crippen LogP contribution in [0.5, 0.6) is 5.75 Å². The maximum absolute atomic E-state index is 10.4. The fraction of sp³-hybridized carbons (Fsp3) is 0.300. The molecule has 0 aromatic heterocycles. The first-order chi connectivity index (χ1) is 7.06. The average molecular weight is 275 g/mol. The van der Waals surface area contributed by atoms with Gasteiger partial charge < -0.3 is 14.9 Å². The van der Waals surface area contributed by atoms with Crippen LogP contribution in [0.1, 0.15) is 18.1 Å². The van der Waals surface area contributed by atoms with E-state index in [1.165, 1.54) is 7.11 Å². The van der Waals surface area contributed by atoms with Gasteiger partial charge in [0.15, 0.2) is 0 Å². The van der Waals surface area contributed by atoms with Crippen molar-refractivity contribution in [3.63, 3.8) is 0 Å². The van der Waals surface area contributed by atoms with Gasteiger partial charge in [-0.25, -0.2) is 0 Å². The van der Waals surface area contributed by atoms with Crippen LogP contribution in [0.2, 0.25) is 0 Å². The Hall–Kier alpha value is -1.07. The van der Waals surface area contributed by atoms with E-state index in [0.29, 0.717) is 15.8 Å².